The van der Waals surface area contributed by atoms with Crippen LogP contribution in [-0.4, -0.2) is 15.0 Å². The number of nitrogens with zero attached hydrogens (tertiary/aromatic N) is 3. The molecule has 0 aliphatic rings. The Balaban J connectivity index is 2.58. The van der Waals surface area contributed by atoms with E-state index >= 15 is 0 Å². The van der Waals surface area contributed by atoms with Crippen LogP contribution in [0.2, 0.25) is 10.0 Å². The molecule has 6 heteroatoms. The van der Waals surface area contributed by atoms with Crippen molar-refractivity contribution in [1.29, 1.82) is 0 Å². The highest BCUT2D eigenvalue weighted by molar-refractivity contribution is 6.35. The van der Waals surface area contributed by atoms with Crippen molar-refractivity contribution in [3.63, 3.8) is 0 Å². The molecule has 2 aromatic rings. The molecule has 1 aromatic carbocycles. The van der Waals surface area contributed by atoms with Crippen molar-refractivity contribution >= 4 is 29.0 Å². The Labute approximate surface area is 116 Å². The Kier molecular flexibility index (Phi) is 3.78. The molecule has 0 fully saturated rings. The number of benzene rings is 1. The highest BCUT2D eigenvalue weighted by Crippen LogP contribution is 2.29. The predicted molar refractivity (Wildman–Crippen MR) is 74.5 cm³/mol. The zero-order chi connectivity index (χ0) is 13.3. The van der Waals surface area contributed by atoms with Gasteiger partial charge in [0, 0.05) is 5.02 Å². The smallest absolute Gasteiger partial charge is 0.169 e. The summed E-state index contributed by atoms with van der Waals surface area (Å²) in [6, 6.07) is 3.60. The summed E-state index contributed by atoms with van der Waals surface area (Å²) in [6.45, 7) is 3.97. The van der Waals surface area contributed by atoms with E-state index in [2.05, 4.69) is 17.2 Å². The number of anilines is 1. The molecule has 0 atom stereocenters. The lowest BCUT2D eigenvalue weighted by Crippen LogP contribution is -2.04. The van der Waals surface area contributed by atoms with Crippen LogP contribution < -0.4 is 5.73 Å². The fourth-order valence-electron chi connectivity index (χ4n) is 1.78. The van der Waals surface area contributed by atoms with Gasteiger partial charge in [-0.15, -0.1) is 5.10 Å². The number of hydrogen-bond donors (Lipinski definition) is 1. The Hall–Kier alpha value is -1.26. The largest absolute Gasteiger partial charge is 0.381 e. The minimum atomic E-state index is 0.435. The summed E-state index contributed by atoms with van der Waals surface area (Å²) in [5, 5.41) is 9.16. The molecule has 0 aliphatic heterocycles. The minimum absolute atomic E-state index is 0.435. The Morgan fingerprint density at radius 2 is 2.00 bits per heavy atom. The van der Waals surface area contributed by atoms with Crippen molar-refractivity contribution in [2.75, 3.05) is 5.73 Å². The molecule has 0 bridgehead atoms. The molecule has 0 unspecified atom stereocenters. The number of aromatic nitrogens is 3. The second kappa shape index (κ2) is 5.16. The summed E-state index contributed by atoms with van der Waals surface area (Å²) in [5.74, 6) is 0.435. The molecule has 0 amide bonds. The number of hydrogen-bond acceptors (Lipinski definition) is 3. The molecule has 0 aliphatic carbocycles. The molecule has 2 rings (SSSR count). The van der Waals surface area contributed by atoms with Gasteiger partial charge in [0.15, 0.2) is 5.82 Å². The molecule has 0 spiro atoms. The second-order valence-electron chi connectivity index (χ2n) is 4.14. The van der Waals surface area contributed by atoms with Gasteiger partial charge in [-0.25, -0.2) is 4.68 Å². The number of halogens is 2. The molecule has 18 heavy (non-hydrogen) atoms. The molecule has 0 saturated carbocycles. The summed E-state index contributed by atoms with van der Waals surface area (Å²) in [5.41, 5.74) is 8.31. The third-order valence-electron chi connectivity index (χ3n) is 2.74. The van der Waals surface area contributed by atoms with Gasteiger partial charge in [0.2, 0.25) is 0 Å². The normalized spacial score (nSPS) is 10.9. The lowest BCUT2D eigenvalue weighted by atomic mass is 10.2. The third kappa shape index (κ3) is 2.31. The van der Waals surface area contributed by atoms with Gasteiger partial charge in [-0.05, 0) is 31.0 Å². The van der Waals surface area contributed by atoms with E-state index in [-0.39, 0.29) is 0 Å². The van der Waals surface area contributed by atoms with Gasteiger partial charge < -0.3 is 5.73 Å². The molecule has 0 saturated heterocycles. The van der Waals surface area contributed by atoms with E-state index in [4.69, 9.17) is 28.9 Å². The fourth-order valence-corrected chi connectivity index (χ4v) is 2.23. The van der Waals surface area contributed by atoms with Crippen molar-refractivity contribution in [2.45, 2.75) is 26.7 Å². The molecule has 4 nitrogen and oxygen atoms in total. The molecule has 1 aromatic heterocycles. The predicted octanol–water partition coefficient (Wildman–Crippen LogP) is 3.42. The summed E-state index contributed by atoms with van der Waals surface area (Å²) < 4.78 is 1.66. The van der Waals surface area contributed by atoms with E-state index in [1.807, 2.05) is 13.0 Å². The lowest BCUT2D eigenvalue weighted by Gasteiger charge is -2.09. The summed E-state index contributed by atoms with van der Waals surface area (Å²) in [6.07, 6.45) is 1.75. The van der Waals surface area contributed by atoms with Gasteiger partial charge in [-0.3, -0.25) is 0 Å². The Morgan fingerprint density at radius 1 is 1.28 bits per heavy atom. The van der Waals surface area contributed by atoms with E-state index in [9.17, 15) is 0 Å². The van der Waals surface area contributed by atoms with Crippen LogP contribution in [0.5, 0.6) is 0 Å². The molecular weight excluding hydrogens is 271 g/mol. The summed E-state index contributed by atoms with van der Waals surface area (Å²) >= 11 is 12.3. The highest BCUT2D eigenvalue weighted by atomic mass is 35.5. The minimum Gasteiger partial charge on any atom is -0.381 e. The fraction of sp³-hybridized carbons (Fsp3) is 0.333. The van der Waals surface area contributed by atoms with E-state index in [0.717, 1.165) is 24.1 Å². The average molecular weight is 285 g/mol. The van der Waals surface area contributed by atoms with Crippen LogP contribution in [0.25, 0.3) is 5.69 Å². The van der Waals surface area contributed by atoms with Crippen molar-refractivity contribution < 1.29 is 0 Å². The van der Waals surface area contributed by atoms with E-state index in [1.54, 1.807) is 10.7 Å². The standard InChI is InChI=1S/C12H14Cl2N4/c1-3-4-10-12(15)16-17-18(10)11-6-8(13)7(2)5-9(11)14/h5-6H,3-4,15H2,1-2H3. The van der Waals surface area contributed by atoms with Crippen molar-refractivity contribution in [2.24, 2.45) is 0 Å². The van der Waals surface area contributed by atoms with Gasteiger partial charge in [0.1, 0.15) is 0 Å². The van der Waals surface area contributed by atoms with Gasteiger partial charge in [-0.1, -0.05) is 41.8 Å². The van der Waals surface area contributed by atoms with Crippen LogP contribution in [0, 0.1) is 6.92 Å². The maximum Gasteiger partial charge on any atom is 0.169 e. The van der Waals surface area contributed by atoms with E-state index < -0.39 is 0 Å². The first kappa shape index (κ1) is 13.2. The Bertz CT molecular complexity index is 578. The first-order chi connectivity index (χ1) is 8.54. The first-order valence-electron chi connectivity index (χ1n) is 5.70. The van der Waals surface area contributed by atoms with Crippen LogP contribution >= 0.6 is 23.2 Å². The van der Waals surface area contributed by atoms with Crippen LogP contribution in [0.3, 0.4) is 0 Å². The zero-order valence-electron chi connectivity index (χ0n) is 10.2. The van der Waals surface area contributed by atoms with Crippen molar-refractivity contribution in [3.8, 4) is 5.69 Å². The number of rotatable bonds is 3. The Morgan fingerprint density at radius 3 is 2.67 bits per heavy atom. The van der Waals surface area contributed by atoms with Crippen molar-refractivity contribution in [3.05, 3.63) is 33.4 Å². The summed E-state index contributed by atoms with van der Waals surface area (Å²) in [7, 11) is 0. The maximum absolute atomic E-state index is 6.23. The average Bonchev–Trinajstić information content (AvgIpc) is 2.67. The number of nitrogen functional groups attached to an aromatic ring is 1. The quantitative estimate of drug-likeness (QED) is 0.940. The SMILES string of the molecule is CCCc1c(N)nnn1-c1cc(Cl)c(C)cc1Cl. The van der Waals surface area contributed by atoms with Crippen LogP contribution in [0.4, 0.5) is 5.82 Å². The summed E-state index contributed by atoms with van der Waals surface area (Å²) in [4.78, 5) is 0. The number of aryl methyl sites for hydroxylation is 1. The van der Waals surface area contributed by atoms with E-state index in [1.165, 1.54) is 0 Å². The monoisotopic (exact) mass is 284 g/mol. The second-order valence-corrected chi connectivity index (χ2v) is 4.95. The van der Waals surface area contributed by atoms with Gasteiger partial charge in [0.05, 0.1) is 16.4 Å². The molecule has 1 heterocycles. The van der Waals surface area contributed by atoms with Gasteiger partial charge >= 0.3 is 0 Å². The van der Waals surface area contributed by atoms with Crippen LogP contribution in [0.15, 0.2) is 12.1 Å². The van der Waals surface area contributed by atoms with Crippen LogP contribution in [0.1, 0.15) is 24.6 Å². The molecule has 2 N–H and O–H groups in total. The van der Waals surface area contributed by atoms with Crippen molar-refractivity contribution in [1.82, 2.24) is 15.0 Å². The molecule has 0 radical (unpaired) electrons. The third-order valence-corrected chi connectivity index (χ3v) is 3.45. The van der Waals surface area contributed by atoms with Gasteiger partial charge in [0.25, 0.3) is 0 Å². The van der Waals surface area contributed by atoms with Gasteiger partial charge in [-0.2, -0.15) is 0 Å². The van der Waals surface area contributed by atoms with E-state index in [0.29, 0.717) is 21.6 Å². The number of nitrogens with two attached hydrogens (primary N) is 1. The topological polar surface area (TPSA) is 56.7 Å². The van der Waals surface area contributed by atoms with Crippen LogP contribution in [-0.2, 0) is 6.42 Å². The lowest BCUT2D eigenvalue weighted by molar-refractivity contribution is 0.745. The molecule has 96 valence electrons. The maximum atomic E-state index is 6.23. The molecular formula is C12H14Cl2N4. The first-order valence-corrected chi connectivity index (χ1v) is 6.46. The highest BCUT2D eigenvalue weighted by Gasteiger charge is 2.14. The zero-order valence-corrected chi connectivity index (χ0v) is 11.8.